The third-order valence-corrected chi connectivity index (χ3v) is 3.42. The molecule has 3 N–H and O–H groups in total. The molecule has 1 saturated heterocycles. The van der Waals surface area contributed by atoms with E-state index in [9.17, 15) is 15.3 Å². The van der Waals surface area contributed by atoms with Crippen LogP contribution in [0.4, 0.5) is 0 Å². The minimum Gasteiger partial charge on any atom is -0.504 e. The van der Waals surface area contributed by atoms with E-state index < -0.39 is 6.10 Å². The second-order valence-corrected chi connectivity index (χ2v) is 4.58. The number of benzene rings is 1. The summed E-state index contributed by atoms with van der Waals surface area (Å²) in [7, 11) is 0. The summed E-state index contributed by atoms with van der Waals surface area (Å²) in [4.78, 5) is 2.15. The van der Waals surface area contributed by atoms with Crippen LogP contribution in [-0.2, 0) is 4.74 Å². The molecule has 2 rings (SSSR count). The number of morpholine rings is 1. The van der Waals surface area contributed by atoms with E-state index in [1.165, 1.54) is 12.1 Å². The first kappa shape index (κ1) is 13.1. The number of ether oxygens (including phenoxy) is 1. The van der Waals surface area contributed by atoms with Crippen LogP contribution >= 0.6 is 0 Å². The van der Waals surface area contributed by atoms with Crippen molar-refractivity contribution in [1.29, 1.82) is 0 Å². The largest absolute Gasteiger partial charge is 0.504 e. The number of hydrogen-bond donors (Lipinski definition) is 3. The molecule has 0 amide bonds. The molecule has 18 heavy (non-hydrogen) atoms. The summed E-state index contributed by atoms with van der Waals surface area (Å²) < 4.78 is 5.27. The van der Waals surface area contributed by atoms with E-state index in [0.29, 0.717) is 18.8 Å². The molecule has 100 valence electrons. The van der Waals surface area contributed by atoms with Crippen LogP contribution in [0.1, 0.15) is 18.6 Å². The van der Waals surface area contributed by atoms with Gasteiger partial charge in [0.15, 0.2) is 11.5 Å². The van der Waals surface area contributed by atoms with Gasteiger partial charge in [0.1, 0.15) is 0 Å². The SMILES string of the molecule is CC(C(O)c1ccc(O)c(O)c1)N1CCOCC1. The van der Waals surface area contributed by atoms with Crippen molar-refractivity contribution >= 4 is 0 Å². The highest BCUT2D eigenvalue weighted by Crippen LogP contribution is 2.30. The van der Waals surface area contributed by atoms with E-state index in [-0.39, 0.29) is 17.5 Å². The highest BCUT2D eigenvalue weighted by molar-refractivity contribution is 5.41. The fourth-order valence-electron chi connectivity index (χ4n) is 2.19. The number of aliphatic hydroxyl groups excluding tert-OH is 1. The van der Waals surface area contributed by atoms with Gasteiger partial charge >= 0.3 is 0 Å². The van der Waals surface area contributed by atoms with Crippen molar-refractivity contribution in [1.82, 2.24) is 4.90 Å². The predicted molar refractivity (Wildman–Crippen MR) is 66.6 cm³/mol. The zero-order valence-corrected chi connectivity index (χ0v) is 10.4. The first-order chi connectivity index (χ1) is 8.59. The van der Waals surface area contributed by atoms with E-state index in [0.717, 1.165) is 13.1 Å². The van der Waals surface area contributed by atoms with Gasteiger partial charge in [0, 0.05) is 19.1 Å². The molecule has 5 nitrogen and oxygen atoms in total. The Kier molecular flexibility index (Phi) is 4.06. The molecule has 1 fully saturated rings. The number of aliphatic hydroxyl groups is 1. The van der Waals surface area contributed by atoms with Gasteiger partial charge in [-0.05, 0) is 24.6 Å². The van der Waals surface area contributed by atoms with Gasteiger partial charge in [0.05, 0.1) is 19.3 Å². The minimum absolute atomic E-state index is 0.0576. The van der Waals surface area contributed by atoms with Crippen LogP contribution < -0.4 is 0 Å². The molecule has 2 unspecified atom stereocenters. The molecular weight excluding hydrogens is 234 g/mol. The molecule has 1 heterocycles. The third-order valence-electron chi connectivity index (χ3n) is 3.42. The Morgan fingerprint density at radius 3 is 2.44 bits per heavy atom. The second-order valence-electron chi connectivity index (χ2n) is 4.58. The lowest BCUT2D eigenvalue weighted by Crippen LogP contribution is -2.44. The van der Waals surface area contributed by atoms with Crippen molar-refractivity contribution in [2.24, 2.45) is 0 Å². The summed E-state index contributed by atoms with van der Waals surface area (Å²) >= 11 is 0. The molecule has 0 bridgehead atoms. The summed E-state index contributed by atoms with van der Waals surface area (Å²) in [5.41, 5.74) is 0.601. The van der Waals surface area contributed by atoms with Gasteiger partial charge in [-0.25, -0.2) is 0 Å². The minimum atomic E-state index is -0.699. The summed E-state index contributed by atoms with van der Waals surface area (Å²) in [6.07, 6.45) is -0.699. The lowest BCUT2D eigenvalue weighted by Gasteiger charge is -2.35. The van der Waals surface area contributed by atoms with Gasteiger partial charge in [-0.1, -0.05) is 6.07 Å². The van der Waals surface area contributed by atoms with Gasteiger partial charge in [0.25, 0.3) is 0 Å². The Hall–Kier alpha value is -1.30. The van der Waals surface area contributed by atoms with Gasteiger partial charge in [-0.2, -0.15) is 0 Å². The molecule has 0 aromatic heterocycles. The third kappa shape index (κ3) is 2.75. The van der Waals surface area contributed by atoms with Crippen molar-refractivity contribution in [3.8, 4) is 11.5 Å². The number of rotatable bonds is 3. The topological polar surface area (TPSA) is 73.2 Å². The van der Waals surface area contributed by atoms with E-state index in [2.05, 4.69) is 4.90 Å². The van der Waals surface area contributed by atoms with Gasteiger partial charge < -0.3 is 20.1 Å². The molecule has 0 aliphatic carbocycles. The molecule has 0 radical (unpaired) electrons. The van der Waals surface area contributed by atoms with Crippen molar-refractivity contribution in [3.05, 3.63) is 23.8 Å². The average Bonchev–Trinajstić information content (AvgIpc) is 2.41. The number of hydrogen-bond acceptors (Lipinski definition) is 5. The molecule has 1 aromatic rings. The molecule has 1 aromatic carbocycles. The van der Waals surface area contributed by atoms with Crippen molar-refractivity contribution in [2.45, 2.75) is 19.1 Å². The predicted octanol–water partition coefficient (Wildman–Crippen LogP) is 0.852. The molecule has 2 atom stereocenters. The van der Waals surface area contributed by atoms with Crippen molar-refractivity contribution in [2.75, 3.05) is 26.3 Å². The van der Waals surface area contributed by atoms with Crippen LogP contribution in [0.15, 0.2) is 18.2 Å². The fourth-order valence-corrected chi connectivity index (χ4v) is 2.19. The van der Waals surface area contributed by atoms with Crippen LogP contribution in [0.5, 0.6) is 11.5 Å². The van der Waals surface area contributed by atoms with E-state index in [1.807, 2.05) is 6.92 Å². The van der Waals surface area contributed by atoms with Crippen LogP contribution in [-0.4, -0.2) is 52.6 Å². The average molecular weight is 253 g/mol. The first-order valence-corrected chi connectivity index (χ1v) is 6.11. The summed E-state index contributed by atoms with van der Waals surface area (Å²) in [6, 6.07) is 4.35. The second kappa shape index (κ2) is 5.56. The molecular formula is C13H19NO4. The first-order valence-electron chi connectivity index (χ1n) is 6.11. The van der Waals surface area contributed by atoms with E-state index in [1.54, 1.807) is 6.07 Å². The van der Waals surface area contributed by atoms with E-state index in [4.69, 9.17) is 4.74 Å². The Labute approximate surface area is 106 Å². The Bertz CT molecular complexity index is 404. The van der Waals surface area contributed by atoms with Gasteiger partial charge in [0.2, 0.25) is 0 Å². The fraction of sp³-hybridized carbons (Fsp3) is 0.538. The maximum Gasteiger partial charge on any atom is 0.157 e. The summed E-state index contributed by atoms with van der Waals surface area (Å²) in [5, 5.41) is 29.0. The van der Waals surface area contributed by atoms with E-state index >= 15 is 0 Å². The molecule has 0 saturated carbocycles. The number of phenols is 2. The monoisotopic (exact) mass is 253 g/mol. The van der Waals surface area contributed by atoms with Crippen LogP contribution in [0.2, 0.25) is 0 Å². The van der Waals surface area contributed by atoms with Crippen molar-refractivity contribution in [3.63, 3.8) is 0 Å². The zero-order chi connectivity index (χ0) is 13.1. The quantitative estimate of drug-likeness (QED) is 0.697. The summed E-state index contributed by atoms with van der Waals surface area (Å²) in [5.74, 6) is -0.384. The maximum atomic E-state index is 10.3. The van der Waals surface area contributed by atoms with Gasteiger partial charge in [-0.3, -0.25) is 4.90 Å². The maximum absolute atomic E-state index is 10.3. The van der Waals surface area contributed by atoms with Crippen LogP contribution in [0, 0.1) is 0 Å². The highest BCUT2D eigenvalue weighted by atomic mass is 16.5. The Balaban J connectivity index is 2.09. The Morgan fingerprint density at radius 2 is 1.83 bits per heavy atom. The standard InChI is InChI=1S/C13H19NO4/c1-9(14-4-6-18-7-5-14)13(17)10-2-3-11(15)12(16)8-10/h2-3,8-9,13,15-17H,4-7H2,1H3. The lowest BCUT2D eigenvalue weighted by molar-refractivity contribution is -0.0166. The van der Waals surface area contributed by atoms with Crippen molar-refractivity contribution < 1.29 is 20.1 Å². The summed E-state index contributed by atoms with van der Waals surface area (Å²) in [6.45, 7) is 4.89. The van der Waals surface area contributed by atoms with Gasteiger partial charge in [-0.15, -0.1) is 0 Å². The zero-order valence-electron chi connectivity index (χ0n) is 10.4. The molecule has 1 aliphatic heterocycles. The molecule has 0 spiro atoms. The highest BCUT2D eigenvalue weighted by Gasteiger charge is 2.25. The molecule has 5 heteroatoms. The lowest BCUT2D eigenvalue weighted by atomic mass is 10.0. The number of aromatic hydroxyl groups is 2. The van der Waals surface area contributed by atoms with Crippen LogP contribution in [0.25, 0.3) is 0 Å². The number of nitrogens with zero attached hydrogens (tertiary/aromatic N) is 1. The Morgan fingerprint density at radius 1 is 1.17 bits per heavy atom. The molecule has 1 aliphatic rings. The number of phenolic OH excluding ortho intramolecular Hbond substituents is 2. The van der Waals surface area contributed by atoms with Crippen LogP contribution in [0.3, 0.4) is 0 Å². The smallest absolute Gasteiger partial charge is 0.157 e. The normalized spacial score (nSPS) is 20.6.